The second-order valence-electron chi connectivity index (χ2n) is 6.95. The predicted molar refractivity (Wildman–Crippen MR) is 112 cm³/mol. The zero-order valence-electron chi connectivity index (χ0n) is 16.4. The second-order valence-corrected chi connectivity index (χ2v) is 6.95. The smallest absolute Gasteiger partial charge is 0.343 e. The van der Waals surface area contributed by atoms with Crippen LogP contribution in [-0.2, 0) is 9.59 Å². The maximum atomic E-state index is 12.3. The molecule has 1 aliphatic heterocycles. The summed E-state index contributed by atoms with van der Waals surface area (Å²) in [5.74, 6) is -1.17. The first-order valence-electron chi connectivity index (χ1n) is 9.64. The number of hydrogen-bond donors (Lipinski definition) is 3. The van der Waals surface area contributed by atoms with Crippen molar-refractivity contribution in [3.63, 3.8) is 0 Å². The Kier molecular flexibility index (Phi) is 5.61. The van der Waals surface area contributed by atoms with E-state index in [4.69, 9.17) is 0 Å². The van der Waals surface area contributed by atoms with Crippen LogP contribution in [0.25, 0.3) is 11.4 Å². The van der Waals surface area contributed by atoms with E-state index in [0.29, 0.717) is 29.8 Å². The third-order valence-electron chi connectivity index (χ3n) is 4.78. The van der Waals surface area contributed by atoms with Crippen molar-refractivity contribution in [1.29, 1.82) is 0 Å². The van der Waals surface area contributed by atoms with Crippen molar-refractivity contribution >= 4 is 29.1 Å². The van der Waals surface area contributed by atoms with E-state index < -0.39 is 17.6 Å². The Morgan fingerprint density at radius 2 is 1.94 bits per heavy atom. The van der Waals surface area contributed by atoms with Gasteiger partial charge in [0.05, 0.1) is 6.54 Å². The number of aromatic amines is 1. The Morgan fingerprint density at radius 3 is 2.61 bits per heavy atom. The van der Waals surface area contributed by atoms with Gasteiger partial charge in [0.2, 0.25) is 11.8 Å². The SMILES string of the molecule is O=C(CNC(=O)c1ccc(N2CCCC2=O)cc1)Nc1cccc(-c2noc(=O)[nH]2)c1. The van der Waals surface area contributed by atoms with Gasteiger partial charge in [-0.2, -0.15) is 0 Å². The lowest BCUT2D eigenvalue weighted by atomic mass is 10.2. The van der Waals surface area contributed by atoms with Gasteiger partial charge in [-0.25, -0.2) is 4.79 Å². The van der Waals surface area contributed by atoms with E-state index in [0.717, 1.165) is 12.1 Å². The maximum absolute atomic E-state index is 12.3. The molecule has 0 unspecified atom stereocenters. The minimum atomic E-state index is -0.674. The topological polar surface area (TPSA) is 137 Å². The zero-order chi connectivity index (χ0) is 21.8. The van der Waals surface area contributed by atoms with E-state index in [1.807, 2.05) is 0 Å². The van der Waals surface area contributed by atoms with Crippen LogP contribution in [0, 0.1) is 0 Å². The van der Waals surface area contributed by atoms with Gasteiger partial charge in [-0.3, -0.25) is 23.9 Å². The molecule has 1 fully saturated rings. The molecule has 0 bridgehead atoms. The summed E-state index contributed by atoms with van der Waals surface area (Å²) in [5.41, 5.74) is 2.18. The van der Waals surface area contributed by atoms with E-state index in [1.54, 1.807) is 53.4 Å². The Bertz CT molecular complexity index is 1180. The van der Waals surface area contributed by atoms with Crippen LogP contribution in [0.5, 0.6) is 0 Å². The fourth-order valence-corrected chi connectivity index (χ4v) is 3.28. The fraction of sp³-hybridized carbons (Fsp3) is 0.190. The lowest BCUT2D eigenvalue weighted by molar-refractivity contribution is -0.117. The molecular weight excluding hydrogens is 402 g/mol. The van der Waals surface area contributed by atoms with E-state index in [2.05, 4.69) is 25.3 Å². The number of nitrogens with zero attached hydrogens (tertiary/aromatic N) is 2. The molecule has 10 heteroatoms. The van der Waals surface area contributed by atoms with Gasteiger partial charge >= 0.3 is 5.76 Å². The number of aromatic nitrogens is 2. The summed E-state index contributed by atoms with van der Waals surface area (Å²) in [6.45, 7) is 0.453. The minimum Gasteiger partial charge on any atom is -0.343 e. The number of carbonyl (C=O) groups excluding carboxylic acids is 3. The van der Waals surface area contributed by atoms with Crippen molar-refractivity contribution in [3.8, 4) is 11.4 Å². The largest absolute Gasteiger partial charge is 0.439 e. The van der Waals surface area contributed by atoms with Crippen molar-refractivity contribution in [2.75, 3.05) is 23.3 Å². The van der Waals surface area contributed by atoms with Gasteiger partial charge in [0.15, 0.2) is 5.82 Å². The van der Waals surface area contributed by atoms with Crippen LogP contribution in [0.4, 0.5) is 11.4 Å². The molecule has 31 heavy (non-hydrogen) atoms. The lowest BCUT2D eigenvalue weighted by Gasteiger charge is -2.15. The predicted octanol–water partition coefficient (Wildman–Crippen LogP) is 1.53. The van der Waals surface area contributed by atoms with Gasteiger partial charge in [-0.15, -0.1) is 0 Å². The number of amides is 3. The molecule has 0 atom stereocenters. The van der Waals surface area contributed by atoms with Gasteiger partial charge in [0, 0.05) is 35.5 Å². The van der Waals surface area contributed by atoms with E-state index in [1.165, 1.54) is 0 Å². The summed E-state index contributed by atoms with van der Waals surface area (Å²) in [5, 5.41) is 8.83. The van der Waals surface area contributed by atoms with Crippen LogP contribution in [0.3, 0.4) is 0 Å². The molecule has 2 aromatic carbocycles. The lowest BCUT2D eigenvalue weighted by Crippen LogP contribution is -2.32. The Morgan fingerprint density at radius 1 is 1.13 bits per heavy atom. The van der Waals surface area contributed by atoms with Gasteiger partial charge < -0.3 is 15.5 Å². The molecule has 3 N–H and O–H groups in total. The molecular formula is C21H19N5O5. The van der Waals surface area contributed by atoms with Crippen molar-refractivity contribution in [2.24, 2.45) is 0 Å². The van der Waals surface area contributed by atoms with Crippen LogP contribution >= 0.6 is 0 Å². The number of anilines is 2. The fourth-order valence-electron chi connectivity index (χ4n) is 3.28. The van der Waals surface area contributed by atoms with Gasteiger partial charge in [-0.1, -0.05) is 17.3 Å². The van der Waals surface area contributed by atoms with Crippen molar-refractivity contribution in [3.05, 3.63) is 64.6 Å². The third-order valence-corrected chi connectivity index (χ3v) is 4.78. The zero-order valence-corrected chi connectivity index (χ0v) is 16.4. The average Bonchev–Trinajstić information content (AvgIpc) is 3.40. The molecule has 3 aromatic rings. The summed E-state index contributed by atoms with van der Waals surface area (Å²) >= 11 is 0. The number of hydrogen-bond acceptors (Lipinski definition) is 6. The van der Waals surface area contributed by atoms with Crippen LogP contribution in [0.1, 0.15) is 23.2 Å². The molecule has 0 aliphatic carbocycles. The monoisotopic (exact) mass is 421 g/mol. The highest BCUT2D eigenvalue weighted by Crippen LogP contribution is 2.21. The van der Waals surface area contributed by atoms with Crippen LogP contribution in [0.15, 0.2) is 57.8 Å². The van der Waals surface area contributed by atoms with E-state index in [9.17, 15) is 19.2 Å². The van der Waals surface area contributed by atoms with Crippen LogP contribution in [0.2, 0.25) is 0 Å². The normalized spacial score (nSPS) is 13.3. The van der Waals surface area contributed by atoms with Gasteiger partial charge in [-0.05, 0) is 42.8 Å². The maximum Gasteiger partial charge on any atom is 0.439 e. The van der Waals surface area contributed by atoms with E-state index >= 15 is 0 Å². The summed E-state index contributed by atoms with van der Waals surface area (Å²) in [4.78, 5) is 51.5. The molecule has 4 rings (SSSR count). The number of nitrogens with one attached hydrogen (secondary N) is 3. The van der Waals surface area contributed by atoms with E-state index in [-0.39, 0.29) is 18.3 Å². The molecule has 0 spiro atoms. The second kappa shape index (κ2) is 8.66. The first-order valence-corrected chi connectivity index (χ1v) is 9.64. The summed E-state index contributed by atoms with van der Waals surface area (Å²) < 4.78 is 4.47. The highest BCUT2D eigenvalue weighted by Gasteiger charge is 2.21. The molecule has 1 saturated heterocycles. The number of rotatable bonds is 6. The number of benzene rings is 2. The number of H-pyrrole nitrogens is 1. The van der Waals surface area contributed by atoms with Crippen molar-refractivity contribution in [2.45, 2.75) is 12.8 Å². The van der Waals surface area contributed by atoms with Crippen molar-refractivity contribution in [1.82, 2.24) is 15.5 Å². The van der Waals surface area contributed by atoms with Crippen LogP contribution in [-0.4, -0.2) is 41.0 Å². The first-order chi connectivity index (χ1) is 15.0. The standard InChI is InChI=1S/C21H19N5O5/c27-17(23-15-4-1-3-14(11-15)19-24-21(30)31-25-19)12-22-20(29)13-6-8-16(9-7-13)26-10-2-5-18(26)28/h1,3-4,6-9,11H,2,5,10,12H2,(H,22,29)(H,23,27)(H,24,25,30). The Balaban J connectivity index is 1.32. The molecule has 1 aromatic heterocycles. The molecule has 2 heterocycles. The molecule has 0 radical (unpaired) electrons. The number of carbonyl (C=O) groups is 3. The molecule has 0 saturated carbocycles. The first kappa shape index (κ1) is 20.1. The van der Waals surface area contributed by atoms with Gasteiger partial charge in [0.1, 0.15) is 0 Å². The highest BCUT2D eigenvalue weighted by molar-refractivity contribution is 6.00. The minimum absolute atomic E-state index is 0.0767. The summed E-state index contributed by atoms with van der Waals surface area (Å²) in [7, 11) is 0. The summed E-state index contributed by atoms with van der Waals surface area (Å²) in [6.07, 6.45) is 1.37. The van der Waals surface area contributed by atoms with Crippen LogP contribution < -0.4 is 21.3 Å². The quantitative estimate of drug-likeness (QED) is 0.552. The Labute approximate surface area is 176 Å². The molecule has 3 amide bonds. The molecule has 10 nitrogen and oxygen atoms in total. The average molecular weight is 421 g/mol. The van der Waals surface area contributed by atoms with Crippen molar-refractivity contribution < 1.29 is 18.9 Å². The highest BCUT2D eigenvalue weighted by atomic mass is 16.5. The molecule has 1 aliphatic rings. The van der Waals surface area contributed by atoms with Gasteiger partial charge in [0.25, 0.3) is 5.91 Å². The Hall–Kier alpha value is -4.21. The third kappa shape index (κ3) is 4.69. The molecule has 158 valence electrons. The summed E-state index contributed by atoms with van der Waals surface area (Å²) in [6, 6.07) is 13.3.